The first-order valence-electron chi connectivity index (χ1n) is 6.00. The highest BCUT2D eigenvalue weighted by molar-refractivity contribution is 6.38. The Morgan fingerprint density at radius 1 is 1.30 bits per heavy atom. The van der Waals surface area contributed by atoms with Gasteiger partial charge in [-0.1, -0.05) is 23.2 Å². The maximum atomic E-state index is 11.9. The molecule has 5 nitrogen and oxygen atoms in total. The Morgan fingerprint density at radius 3 is 2.70 bits per heavy atom. The third-order valence-corrected chi connectivity index (χ3v) is 3.96. The molecule has 2 N–H and O–H groups in total. The number of halogens is 2. The molecule has 0 spiro atoms. The number of urea groups is 1. The van der Waals surface area contributed by atoms with Gasteiger partial charge in [-0.15, -0.1) is 0 Å². The van der Waals surface area contributed by atoms with Crippen LogP contribution in [0, 0.1) is 0 Å². The molecule has 104 valence electrons. The van der Waals surface area contributed by atoms with Crippen molar-refractivity contribution in [3.8, 4) is 0 Å². The van der Waals surface area contributed by atoms with Crippen LogP contribution in [0.2, 0.25) is 10.0 Å². The fraction of sp³-hybridized carbons (Fsp3) is 0.231. The normalized spacial score (nSPS) is 18.9. The third-order valence-electron chi connectivity index (χ3n) is 3.45. The minimum Gasteiger partial charge on any atom is -0.360 e. The number of benzene rings is 1. The number of carbonyl (C=O) groups is 2. The van der Waals surface area contributed by atoms with E-state index in [-0.39, 0.29) is 11.9 Å². The zero-order valence-electron chi connectivity index (χ0n) is 10.5. The first kappa shape index (κ1) is 13.3. The monoisotopic (exact) mass is 311 g/mol. The minimum atomic E-state index is -0.552. The molecule has 0 radical (unpaired) electrons. The first-order valence-corrected chi connectivity index (χ1v) is 6.76. The van der Waals surface area contributed by atoms with Crippen LogP contribution in [0.3, 0.4) is 0 Å². The van der Waals surface area contributed by atoms with Gasteiger partial charge in [-0.3, -0.25) is 9.69 Å². The van der Waals surface area contributed by atoms with Gasteiger partial charge in [0.15, 0.2) is 0 Å². The molecule has 7 heteroatoms. The van der Waals surface area contributed by atoms with E-state index in [0.29, 0.717) is 16.5 Å². The summed E-state index contributed by atoms with van der Waals surface area (Å²) in [4.78, 5) is 27.5. The molecular formula is C13H11Cl2N3O2. The van der Waals surface area contributed by atoms with Crippen LogP contribution in [0.1, 0.15) is 5.56 Å². The standard InChI is InChI=1S/C13H11Cl2N3O2/c1-18-12(19)10(17-13(18)20)2-6-5-16-11-8(6)3-7(14)4-9(11)15/h3-5,10,16H,2H2,1H3,(H,17,20). The van der Waals surface area contributed by atoms with Crippen LogP contribution < -0.4 is 5.32 Å². The SMILES string of the molecule is CN1C(=O)NC(Cc2c[nH]c3c(Cl)cc(Cl)cc23)C1=O. The number of aromatic amines is 1. The molecule has 0 aliphatic carbocycles. The van der Waals surface area contributed by atoms with E-state index in [1.807, 2.05) is 0 Å². The summed E-state index contributed by atoms with van der Waals surface area (Å²) in [6, 6.07) is 2.52. The second kappa shape index (κ2) is 4.68. The maximum Gasteiger partial charge on any atom is 0.324 e. The lowest BCUT2D eigenvalue weighted by atomic mass is 10.1. The molecule has 20 heavy (non-hydrogen) atoms. The van der Waals surface area contributed by atoms with Crippen molar-refractivity contribution in [3.05, 3.63) is 33.9 Å². The second-order valence-electron chi connectivity index (χ2n) is 4.73. The minimum absolute atomic E-state index is 0.238. The van der Waals surface area contributed by atoms with Crippen molar-refractivity contribution in [1.82, 2.24) is 15.2 Å². The fourth-order valence-electron chi connectivity index (χ4n) is 2.38. The second-order valence-corrected chi connectivity index (χ2v) is 5.57. The average Bonchev–Trinajstić information content (AvgIpc) is 2.88. The van der Waals surface area contributed by atoms with Gasteiger partial charge in [0.2, 0.25) is 0 Å². The van der Waals surface area contributed by atoms with Crippen molar-refractivity contribution in [1.29, 1.82) is 0 Å². The summed E-state index contributed by atoms with van der Waals surface area (Å²) >= 11 is 12.1. The first-order chi connectivity index (χ1) is 9.47. The number of likely N-dealkylation sites (N-methyl/N-ethyl adjacent to an activating group) is 1. The van der Waals surface area contributed by atoms with Gasteiger partial charge in [0.1, 0.15) is 6.04 Å². The van der Waals surface area contributed by atoms with Crippen molar-refractivity contribution in [3.63, 3.8) is 0 Å². The van der Waals surface area contributed by atoms with Crippen molar-refractivity contribution >= 4 is 46.0 Å². The van der Waals surface area contributed by atoms with E-state index in [0.717, 1.165) is 21.4 Å². The molecule has 1 atom stereocenters. The van der Waals surface area contributed by atoms with Crippen molar-refractivity contribution in [2.24, 2.45) is 0 Å². The largest absolute Gasteiger partial charge is 0.360 e. The molecule has 1 aromatic heterocycles. The summed E-state index contributed by atoms with van der Waals surface area (Å²) in [6.45, 7) is 0. The van der Waals surface area contributed by atoms with Crippen LogP contribution in [0.4, 0.5) is 4.79 Å². The number of nitrogens with zero attached hydrogens (tertiary/aromatic N) is 1. The van der Waals surface area contributed by atoms with Gasteiger partial charge in [0, 0.05) is 30.1 Å². The van der Waals surface area contributed by atoms with Crippen LogP contribution in [-0.2, 0) is 11.2 Å². The number of carbonyl (C=O) groups excluding carboxylic acids is 2. The molecule has 1 unspecified atom stereocenters. The third kappa shape index (κ3) is 2.03. The highest BCUT2D eigenvalue weighted by atomic mass is 35.5. The van der Waals surface area contributed by atoms with Crippen LogP contribution in [0.5, 0.6) is 0 Å². The van der Waals surface area contributed by atoms with E-state index in [1.54, 1.807) is 18.3 Å². The molecule has 1 aromatic carbocycles. The summed E-state index contributed by atoms with van der Waals surface area (Å²) in [5.74, 6) is -0.238. The number of aromatic nitrogens is 1. The van der Waals surface area contributed by atoms with Crippen LogP contribution in [0.25, 0.3) is 10.9 Å². The predicted molar refractivity (Wildman–Crippen MR) is 77.1 cm³/mol. The van der Waals surface area contributed by atoms with Gasteiger partial charge in [-0.25, -0.2) is 4.79 Å². The van der Waals surface area contributed by atoms with Crippen molar-refractivity contribution in [2.45, 2.75) is 12.5 Å². The number of fused-ring (bicyclic) bond motifs is 1. The highest BCUT2D eigenvalue weighted by Gasteiger charge is 2.35. The zero-order chi connectivity index (χ0) is 14.4. The molecule has 2 heterocycles. The van der Waals surface area contributed by atoms with Gasteiger partial charge in [0.25, 0.3) is 5.91 Å². The van der Waals surface area contributed by atoms with Gasteiger partial charge < -0.3 is 10.3 Å². The van der Waals surface area contributed by atoms with Gasteiger partial charge in [0.05, 0.1) is 10.5 Å². The molecule has 1 aliphatic heterocycles. The van der Waals surface area contributed by atoms with Crippen molar-refractivity contribution < 1.29 is 9.59 Å². The number of rotatable bonds is 2. The van der Waals surface area contributed by atoms with Gasteiger partial charge in [-0.05, 0) is 17.7 Å². The highest BCUT2D eigenvalue weighted by Crippen LogP contribution is 2.30. The molecule has 2 aromatic rings. The Balaban J connectivity index is 1.96. The van der Waals surface area contributed by atoms with E-state index in [4.69, 9.17) is 23.2 Å². The molecule has 1 fully saturated rings. The molecule has 0 saturated carbocycles. The van der Waals surface area contributed by atoms with Gasteiger partial charge in [-0.2, -0.15) is 0 Å². The Labute approximate surface area is 124 Å². The quantitative estimate of drug-likeness (QED) is 0.837. The lowest BCUT2D eigenvalue weighted by Crippen LogP contribution is -2.31. The van der Waals surface area contributed by atoms with Crippen molar-refractivity contribution in [2.75, 3.05) is 7.05 Å². The van der Waals surface area contributed by atoms with Crippen LogP contribution >= 0.6 is 23.2 Å². The lowest BCUT2D eigenvalue weighted by molar-refractivity contribution is -0.126. The average molecular weight is 312 g/mol. The number of amides is 3. The topological polar surface area (TPSA) is 65.2 Å². The Hall–Kier alpha value is -1.72. The number of hydrogen-bond acceptors (Lipinski definition) is 2. The van der Waals surface area contributed by atoms with E-state index >= 15 is 0 Å². The number of imide groups is 1. The molecular weight excluding hydrogens is 301 g/mol. The fourth-order valence-corrected chi connectivity index (χ4v) is 2.93. The predicted octanol–water partition coefficient (Wildman–Crippen LogP) is 2.57. The number of H-pyrrole nitrogens is 1. The number of nitrogens with one attached hydrogen (secondary N) is 2. The van der Waals surface area contributed by atoms with E-state index < -0.39 is 6.04 Å². The smallest absolute Gasteiger partial charge is 0.324 e. The number of hydrogen-bond donors (Lipinski definition) is 2. The van der Waals surface area contributed by atoms with Gasteiger partial charge >= 0.3 is 6.03 Å². The summed E-state index contributed by atoms with van der Waals surface area (Å²) in [5, 5.41) is 4.56. The van der Waals surface area contributed by atoms with E-state index in [2.05, 4.69) is 10.3 Å². The van der Waals surface area contributed by atoms with Crippen LogP contribution in [0.15, 0.2) is 18.3 Å². The van der Waals surface area contributed by atoms with Crippen LogP contribution in [-0.4, -0.2) is 34.9 Å². The zero-order valence-corrected chi connectivity index (χ0v) is 12.0. The Kier molecular flexibility index (Phi) is 3.11. The Bertz CT molecular complexity index is 726. The summed E-state index contributed by atoms with van der Waals surface area (Å²) < 4.78 is 0. The molecule has 1 aliphatic rings. The molecule has 3 amide bonds. The molecule has 3 rings (SSSR count). The summed E-state index contributed by atoms with van der Waals surface area (Å²) in [7, 11) is 1.46. The summed E-state index contributed by atoms with van der Waals surface area (Å²) in [5.41, 5.74) is 1.66. The molecule has 0 bridgehead atoms. The lowest BCUT2D eigenvalue weighted by Gasteiger charge is -2.07. The van der Waals surface area contributed by atoms with E-state index in [1.165, 1.54) is 7.05 Å². The maximum absolute atomic E-state index is 11.9. The Morgan fingerprint density at radius 2 is 2.05 bits per heavy atom. The van der Waals surface area contributed by atoms with E-state index in [9.17, 15) is 9.59 Å². The summed E-state index contributed by atoms with van der Waals surface area (Å²) in [6.07, 6.45) is 2.18. The molecule has 1 saturated heterocycles.